The lowest BCUT2D eigenvalue weighted by atomic mass is 9.93. The molecule has 1 N–H and O–H groups in total. The van der Waals surface area contributed by atoms with Crippen molar-refractivity contribution in [2.24, 2.45) is 5.92 Å². The van der Waals surface area contributed by atoms with Crippen molar-refractivity contribution in [2.45, 2.75) is 137 Å². The smallest absolute Gasteiger partial charge is 0.407 e. The van der Waals surface area contributed by atoms with Crippen molar-refractivity contribution in [1.82, 2.24) is 5.32 Å². The maximum absolute atomic E-state index is 12.9. The van der Waals surface area contributed by atoms with Gasteiger partial charge in [0.1, 0.15) is 12.2 Å². The van der Waals surface area contributed by atoms with E-state index in [1.807, 2.05) is 65.0 Å². The minimum absolute atomic E-state index is 0.0505. The highest BCUT2D eigenvalue weighted by Gasteiger charge is 2.43. The van der Waals surface area contributed by atoms with Gasteiger partial charge in [0.25, 0.3) is 0 Å². The average Bonchev–Trinajstić information content (AvgIpc) is 3.51. The van der Waals surface area contributed by atoms with Crippen molar-refractivity contribution in [3.63, 3.8) is 0 Å². The molecule has 0 aromatic heterocycles. The number of terminal acetylenes is 1. The summed E-state index contributed by atoms with van der Waals surface area (Å²) < 4.78 is 22.7. The Balaban J connectivity index is 0. The molecule has 0 radical (unpaired) electrons. The van der Waals surface area contributed by atoms with Crippen LogP contribution in [0.25, 0.3) is 0 Å². The van der Waals surface area contributed by atoms with Gasteiger partial charge in [-0.2, -0.15) is 0 Å². The Hall–Kier alpha value is -2.34. The Morgan fingerprint density at radius 3 is 1.93 bits per heavy atom. The Kier molecular flexibility index (Phi) is 21.3. The maximum Gasteiger partial charge on any atom is 0.407 e. The van der Waals surface area contributed by atoms with Crippen LogP contribution < -0.4 is 5.32 Å². The van der Waals surface area contributed by atoms with E-state index >= 15 is 0 Å². The van der Waals surface area contributed by atoms with Crippen LogP contribution in [0.1, 0.15) is 100 Å². The van der Waals surface area contributed by atoms with Gasteiger partial charge in [-0.25, -0.2) is 4.79 Å². The summed E-state index contributed by atoms with van der Waals surface area (Å²) in [6.45, 7) is 26.6. The SMILES string of the molecule is C#C.C1CCOC1.CC.CC[C@H](C)[C@@H](NC(=O)OC(C)(C)C)[C@H](CC(=O)OCc1ccccc1)O[Si](C)(C)C(C)(C)C. The van der Waals surface area contributed by atoms with E-state index in [0.29, 0.717) is 0 Å². The highest BCUT2D eigenvalue weighted by atomic mass is 28.4. The number of hydrogen-bond donors (Lipinski definition) is 1. The van der Waals surface area contributed by atoms with Crippen LogP contribution in [0.15, 0.2) is 30.3 Å². The van der Waals surface area contributed by atoms with Crippen LogP contribution in [0.5, 0.6) is 0 Å². The van der Waals surface area contributed by atoms with Crippen LogP contribution in [0.2, 0.25) is 18.1 Å². The molecule has 0 spiro atoms. The summed E-state index contributed by atoms with van der Waals surface area (Å²) in [6.07, 6.45) is 10.4. The quantitative estimate of drug-likeness (QED) is 0.163. The van der Waals surface area contributed by atoms with E-state index in [4.69, 9.17) is 18.6 Å². The van der Waals surface area contributed by atoms with Crippen LogP contribution >= 0.6 is 0 Å². The summed E-state index contributed by atoms with van der Waals surface area (Å²) in [5.74, 6) is -0.268. The van der Waals surface area contributed by atoms with Gasteiger partial charge in [0.2, 0.25) is 0 Å². The molecule has 1 amide bonds. The first-order valence-electron chi connectivity index (χ1n) is 15.3. The number of carbonyl (C=O) groups is 2. The number of esters is 1. The number of ether oxygens (including phenoxy) is 3. The third kappa shape index (κ3) is 18.2. The molecule has 3 atom stereocenters. The van der Waals surface area contributed by atoms with Gasteiger partial charge in [-0.05, 0) is 63.2 Å². The van der Waals surface area contributed by atoms with Crippen molar-refractivity contribution >= 4 is 20.4 Å². The molecule has 1 fully saturated rings. The van der Waals surface area contributed by atoms with Gasteiger partial charge in [0.05, 0.1) is 18.6 Å². The molecular weight excluding hydrogens is 546 g/mol. The van der Waals surface area contributed by atoms with E-state index in [0.717, 1.165) is 25.2 Å². The zero-order valence-corrected chi connectivity index (χ0v) is 29.7. The van der Waals surface area contributed by atoms with Crippen molar-refractivity contribution in [3.8, 4) is 12.8 Å². The first-order chi connectivity index (χ1) is 19.6. The van der Waals surface area contributed by atoms with Gasteiger partial charge in [-0.1, -0.05) is 85.2 Å². The fourth-order valence-corrected chi connectivity index (χ4v) is 4.91. The summed E-state index contributed by atoms with van der Waals surface area (Å²) in [5, 5.41) is 2.96. The molecule has 0 bridgehead atoms. The molecule has 7 nitrogen and oxygen atoms in total. The lowest BCUT2D eigenvalue weighted by Crippen LogP contribution is -2.55. The average molecular weight is 608 g/mol. The third-order valence-corrected chi connectivity index (χ3v) is 11.5. The van der Waals surface area contributed by atoms with Crippen LogP contribution in [-0.2, 0) is 30.0 Å². The van der Waals surface area contributed by atoms with E-state index in [1.54, 1.807) is 0 Å². The predicted octanol–water partition coefficient (Wildman–Crippen LogP) is 8.52. The van der Waals surface area contributed by atoms with Gasteiger partial charge in [-0.15, -0.1) is 12.8 Å². The molecule has 0 aliphatic carbocycles. The van der Waals surface area contributed by atoms with Crippen LogP contribution in [0.4, 0.5) is 4.79 Å². The summed E-state index contributed by atoms with van der Waals surface area (Å²) in [5.41, 5.74) is 0.312. The van der Waals surface area contributed by atoms with Crippen molar-refractivity contribution in [1.29, 1.82) is 0 Å². The zero-order valence-electron chi connectivity index (χ0n) is 28.7. The second-order valence-electron chi connectivity index (χ2n) is 12.6. The van der Waals surface area contributed by atoms with Gasteiger partial charge >= 0.3 is 12.1 Å². The number of alkyl carbamates (subject to hydrolysis) is 1. The standard InChI is InChI=1S/C26H45NO5Si.C4H8O.C2H6.C2H2/c1-11-19(2)23(27-24(29)31-25(3,4)5)21(32-33(9,10)26(6,7)8)17-22(28)30-18-20-15-13-12-14-16-20;1-2-4-5-3-1;2*1-2/h12-16,19,21,23H,11,17-18H2,1-10H3,(H,27,29);1-4H2;1-2H3;1-2H/t19-,21-,23+;;;/m0.../s1. The maximum atomic E-state index is 12.9. The highest BCUT2D eigenvalue weighted by molar-refractivity contribution is 6.74. The minimum Gasteiger partial charge on any atom is -0.461 e. The Morgan fingerprint density at radius 1 is 1.00 bits per heavy atom. The fourth-order valence-electron chi connectivity index (χ4n) is 3.57. The number of benzene rings is 1. The van der Waals surface area contributed by atoms with Gasteiger partial charge < -0.3 is 24.0 Å². The summed E-state index contributed by atoms with van der Waals surface area (Å²) in [4.78, 5) is 25.5. The number of nitrogens with one attached hydrogen (secondary N) is 1. The largest absolute Gasteiger partial charge is 0.461 e. The third-order valence-electron chi connectivity index (χ3n) is 7.03. The fraction of sp³-hybridized carbons (Fsp3) is 0.706. The molecule has 0 unspecified atom stereocenters. The number of hydrogen-bond acceptors (Lipinski definition) is 6. The normalized spacial score (nSPS) is 15.1. The number of carbonyl (C=O) groups excluding carboxylic acids is 2. The lowest BCUT2D eigenvalue weighted by molar-refractivity contribution is -0.147. The molecule has 0 saturated carbocycles. The lowest BCUT2D eigenvalue weighted by Gasteiger charge is -2.42. The Bertz CT molecular complexity index is 862. The molecular formula is C34H61NO6Si. The van der Waals surface area contributed by atoms with Crippen LogP contribution in [-0.4, -0.2) is 51.3 Å². The molecule has 1 heterocycles. The van der Waals surface area contributed by atoms with Crippen molar-refractivity contribution < 1.29 is 28.2 Å². The van der Waals surface area contributed by atoms with Crippen LogP contribution in [0.3, 0.4) is 0 Å². The number of rotatable bonds is 10. The summed E-state index contributed by atoms with van der Waals surface area (Å²) in [7, 11) is -2.24. The van der Waals surface area contributed by atoms with E-state index in [2.05, 4.69) is 65.9 Å². The van der Waals surface area contributed by atoms with E-state index in [9.17, 15) is 9.59 Å². The monoisotopic (exact) mass is 607 g/mol. The zero-order chi connectivity index (χ0) is 33.0. The molecule has 8 heteroatoms. The second kappa shape index (κ2) is 21.4. The van der Waals surface area contributed by atoms with Gasteiger partial charge in [0, 0.05) is 13.2 Å². The van der Waals surface area contributed by atoms with Gasteiger partial charge in [0.15, 0.2) is 8.32 Å². The Morgan fingerprint density at radius 2 is 1.52 bits per heavy atom. The van der Waals surface area contributed by atoms with Gasteiger partial charge in [-0.3, -0.25) is 4.79 Å². The highest BCUT2D eigenvalue weighted by Crippen LogP contribution is 2.38. The second-order valence-corrected chi connectivity index (χ2v) is 17.4. The molecule has 1 saturated heterocycles. The minimum atomic E-state index is -2.24. The van der Waals surface area contributed by atoms with E-state index < -0.39 is 26.1 Å². The van der Waals surface area contributed by atoms with E-state index in [-0.39, 0.29) is 36.0 Å². The predicted molar refractivity (Wildman–Crippen MR) is 177 cm³/mol. The first kappa shape index (κ1) is 41.8. The molecule has 1 aromatic carbocycles. The van der Waals surface area contributed by atoms with Crippen molar-refractivity contribution in [3.05, 3.63) is 35.9 Å². The van der Waals surface area contributed by atoms with E-state index in [1.165, 1.54) is 12.8 Å². The molecule has 242 valence electrons. The number of amides is 1. The topological polar surface area (TPSA) is 83.1 Å². The molecule has 42 heavy (non-hydrogen) atoms. The molecule has 1 aromatic rings. The summed E-state index contributed by atoms with van der Waals surface area (Å²) in [6, 6.07) is 9.20. The molecule has 2 rings (SSSR count). The van der Waals surface area contributed by atoms with Crippen LogP contribution in [0, 0.1) is 18.8 Å². The summed E-state index contributed by atoms with van der Waals surface area (Å²) >= 11 is 0. The molecule has 1 aliphatic rings. The first-order valence-corrected chi connectivity index (χ1v) is 18.2. The van der Waals surface area contributed by atoms with Crippen molar-refractivity contribution in [2.75, 3.05) is 13.2 Å². The molecule has 1 aliphatic heterocycles. The Labute approximate surface area is 258 Å².